The van der Waals surface area contributed by atoms with Crippen molar-refractivity contribution < 1.29 is 0 Å². The fourth-order valence-corrected chi connectivity index (χ4v) is 3.90. The molecule has 2 aliphatic heterocycles. The van der Waals surface area contributed by atoms with Crippen LogP contribution in [0.3, 0.4) is 0 Å². The summed E-state index contributed by atoms with van der Waals surface area (Å²) in [7, 11) is 2.30. The van der Waals surface area contributed by atoms with Crippen molar-refractivity contribution in [2.24, 2.45) is 5.73 Å². The molecule has 20 heavy (non-hydrogen) atoms. The molecule has 0 radical (unpaired) electrons. The van der Waals surface area contributed by atoms with Crippen LogP contribution in [0.1, 0.15) is 31.7 Å². The fourth-order valence-electron chi connectivity index (χ4n) is 3.90. The molecule has 0 aromatic heterocycles. The van der Waals surface area contributed by atoms with Gasteiger partial charge in [0.1, 0.15) is 0 Å². The Kier molecular flexibility index (Phi) is 3.85. The van der Waals surface area contributed by atoms with Crippen molar-refractivity contribution in [3.8, 4) is 0 Å². The standard InChI is InChI=1S/C17H27N3/c1-17(18,14-6-4-3-5-7-14)13-20-11-10-15-8-9-16(12-20)19(15)2/h3-7,15-16H,8-13,18H2,1-2H3. The van der Waals surface area contributed by atoms with E-state index in [0.29, 0.717) is 0 Å². The molecule has 3 atom stereocenters. The third-order valence-corrected chi connectivity index (χ3v) is 5.22. The average molecular weight is 273 g/mol. The van der Waals surface area contributed by atoms with Gasteiger partial charge in [0.2, 0.25) is 0 Å². The third kappa shape index (κ3) is 2.76. The van der Waals surface area contributed by atoms with Crippen LogP contribution >= 0.6 is 0 Å². The smallest absolute Gasteiger partial charge is 0.0509 e. The minimum Gasteiger partial charge on any atom is -0.321 e. The molecular weight excluding hydrogens is 246 g/mol. The van der Waals surface area contributed by atoms with E-state index >= 15 is 0 Å². The summed E-state index contributed by atoms with van der Waals surface area (Å²) in [5.74, 6) is 0. The lowest BCUT2D eigenvalue weighted by Gasteiger charge is -2.34. The molecule has 1 aromatic carbocycles. The minimum atomic E-state index is -0.261. The van der Waals surface area contributed by atoms with Crippen LogP contribution in [0.4, 0.5) is 0 Å². The molecule has 2 bridgehead atoms. The zero-order valence-electron chi connectivity index (χ0n) is 12.8. The maximum atomic E-state index is 6.60. The summed E-state index contributed by atoms with van der Waals surface area (Å²) >= 11 is 0. The highest BCUT2D eigenvalue weighted by atomic mass is 15.3. The van der Waals surface area contributed by atoms with Gasteiger partial charge < -0.3 is 5.73 Å². The number of benzene rings is 1. The van der Waals surface area contributed by atoms with Gasteiger partial charge in [-0.3, -0.25) is 9.80 Å². The maximum Gasteiger partial charge on any atom is 0.0509 e. The van der Waals surface area contributed by atoms with E-state index in [0.717, 1.165) is 18.6 Å². The van der Waals surface area contributed by atoms with Crippen molar-refractivity contribution in [3.63, 3.8) is 0 Å². The lowest BCUT2D eigenvalue weighted by molar-refractivity contribution is 0.189. The van der Waals surface area contributed by atoms with Gasteiger partial charge in [0.05, 0.1) is 5.54 Å². The first-order valence-electron chi connectivity index (χ1n) is 7.85. The molecule has 1 aromatic rings. The topological polar surface area (TPSA) is 32.5 Å². The van der Waals surface area contributed by atoms with Gasteiger partial charge in [-0.25, -0.2) is 0 Å². The van der Waals surface area contributed by atoms with E-state index in [9.17, 15) is 0 Å². The molecule has 2 fully saturated rings. The predicted molar refractivity (Wildman–Crippen MR) is 83.6 cm³/mol. The largest absolute Gasteiger partial charge is 0.321 e. The Balaban J connectivity index is 1.68. The number of likely N-dealkylation sites (tertiary alicyclic amines) is 1. The van der Waals surface area contributed by atoms with Crippen molar-refractivity contribution in [1.82, 2.24) is 9.80 Å². The molecule has 0 aliphatic carbocycles. The van der Waals surface area contributed by atoms with Gasteiger partial charge in [0.15, 0.2) is 0 Å². The van der Waals surface area contributed by atoms with Crippen molar-refractivity contribution >= 4 is 0 Å². The summed E-state index contributed by atoms with van der Waals surface area (Å²) < 4.78 is 0. The van der Waals surface area contributed by atoms with Gasteiger partial charge in [-0.05, 0) is 45.3 Å². The molecule has 2 heterocycles. The summed E-state index contributed by atoms with van der Waals surface area (Å²) in [6.07, 6.45) is 4.02. The van der Waals surface area contributed by atoms with E-state index in [1.807, 2.05) is 0 Å². The van der Waals surface area contributed by atoms with Crippen LogP contribution in [0.15, 0.2) is 30.3 Å². The summed E-state index contributed by atoms with van der Waals surface area (Å²) in [5, 5.41) is 0. The molecule has 2 N–H and O–H groups in total. The highest BCUT2D eigenvalue weighted by molar-refractivity contribution is 5.23. The molecule has 0 amide bonds. The van der Waals surface area contributed by atoms with Crippen LogP contribution in [0.5, 0.6) is 0 Å². The molecule has 0 spiro atoms. The summed E-state index contributed by atoms with van der Waals surface area (Å²) in [5.41, 5.74) is 7.58. The second kappa shape index (κ2) is 5.47. The minimum absolute atomic E-state index is 0.261. The second-order valence-electron chi connectivity index (χ2n) is 6.86. The van der Waals surface area contributed by atoms with Gasteiger partial charge in [0, 0.05) is 25.2 Å². The summed E-state index contributed by atoms with van der Waals surface area (Å²) in [6.45, 7) is 5.47. The molecule has 3 unspecified atom stereocenters. The van der Waals surface area contributed by atoms with Crippen molar-refractivity contribution in [2.45, 2.75) is 43.8 Å². The molecule has 3 rings (SSSR count). The lowest BCUT2D eigenvalue weighted by atomic mass is 9.92. The molecule has 3 heteroatoms. The lowest BCUT2D eigenvalue weighted by Crippen LogP contribution is -2.48. The van der Waals surface area contributed by atoms with Gasteiger partial charge in [-0.1, -0.05) is 30.3 Å². The first kappa shape index (κ1) is 14.1. The normalized spacial score (nSPS) is 30.9. The fraction of sp³-hybridized carbons (Fsp3) is 0.647. The van der Waals surface area contributed by atoms with Gasteiger partial charge in [-0.15, -0.1) is 0 Å². The number of likely N-dealkylation sites (N-methyl/N-ethyl adjacent to an activating group) is 1. The SMILES string of the molecule is CN1C2CCC1CN(CC(C)(N)c1ccccc1)CC2. The Morgan fingerprint density at radius 1 is 1.15 bits per heavy atom. The Bertz CT molecular complexity index is 443. The van der Waals surface area contributed by atoms with E-state index in [4.69, 9.17) is 5.73 Å². The van der Waals surface area contributed by atoms with E-state index < -0.39 is 0 Å². The molecule has 0 saturated carbocycles. The Morgan fingerprint density at radius 2 is 1.85 bits per heavy atom. The molecule has 2 saturated heterocycles. The van der Waals surface area contributed by atoms with Gasteiger partial charge >= 0.3 is 0 Å². The van der Waals surface area contributed by atoms with E-state index in [1.54, 1.807) is 0 Å². The van der Waals surface area contributed by atoms with Crippen molar-refractivity contribution in [2.75, 3.05) is 26.7 Å². The Hall–Kier alpha value is -0.900. The first-order valence-corrected chi connectivity index (χ1v) is 7.85. The first-order chi connectivity index (χ1) is 9.56. The quantitative estimate of drug-likeness (QED) is 0.914. The van der Waals surface area contributed by atoms with Crippen molar-refractivity contribution in [3.05, 3.63) is 35.9 Å². The monoisotopic (exact) mass is 273 g/mol. The highest BCUT2D eigenvalue weighted by Crippen LogP contribution is 2.29. The van der Waals surface area contributed by atoms with E-state index in [1.165, 1.54) is 37.9 Å². The predicted octanol–water partition coefficient (Wildman–Crippen LogP) is 2.03. The molecule has 3 nitrogen and oxygen atoms in total. The van der Waals surface area contributed by atoms with E-state index in [-0.39, 0.29) is 5.54 Å². The van der Waals surface area contributed by atoms with Crippen LogP contribution in [-0.2, 0) is 5.54 Å². The van der Waals surface area contributed by atoms with Gasteiger partial charge in [0.25, 0.3) is 0 Å². The zero-order valence-corrected chi connectivity index (χ0v) is 12.8. The van der Waals surface area contributed by atoms with Crippen LogP contribution in [0.2, 0.25) is 0 Å². The number of hydrogen-bond donors (Lipinski definition) is 1. The van der Waals surface area contributed by atoms with Crippen molar-refractivity contribution in [1.29, 1.82) is 0 Å². The molecule has 2 aliphatic rings. The van der Waals surface area contributed by atoms with Crippen LogP contribution < -0.4 is 5.73 Å². The Morgan fingerprint density at radius 3 is 2.60 bits per heavy atom. The second-order valence-corrected chi connectivity index (χ2v) is 6.86. The van der Waals surface area contributed by atoms with E-state index in [2.05, 4.69) is 54.1 Å². The number of hydrogen-bond acceptors (Lipinski definition) is 3. The highest BCUT2D eigenvalue weighted by Gasteiger charge is 2.36. The molecule has 110 valence electrons. The number of nitrogens with zero attached hydrogens (tertiary/aromatic N) is 2. The maximum absolute atomic E-state index is 6.60. The van der Waals surface area contributed by atoms with Crippen LogP contribution in [-0.4, -0.2) is 48.6 Å². The van der Waals surface area contributed by atoms with Crippen LogP contribution in [0, 0.1) is 0 Å². The summed E-state index contributed by atoms with van der Waals surface area (Å²) in [4.78, 5) is 5.17. The summed E-state index contributed by atoms with van der Waals surface area (Å²) in [6, 6.07) is 12.0. The Labute approximate surface area is 122 Å². The van der Waals surface area contributed by atoms with Crippen LogP contribution in [0.25, 0.3) is 0 Å². The number of fused-ring (bicyclic) bond motifs is 2. The number of nitrogens with two attached hydrogens (primary N) is 1. The number of rotatable bonds is 3. The average Bonchev–Trinajstić information content (AvgIpc) is 2.68. The third-order valence-electron chi connectivity index (χ3n) is 5.22. The zero-order chi connectivity index (χ0) is 14.2. The molecular formula is C17H27N3. The van der Waals surface area contributed by atoms with Gasteiger partial charge in [-0.2, -0.15) is 0 Å².